The molecule has 0 aliphatic carbocycles. The highest BCUT2D eigenvalue weighted by Gasteiger charge is 1.80. The molecule has 0 atom stereocenters. The molecule has 6 N–H and O–H groups in total. The van der Waals surface area contributed by atoms with Crippen molar-refractivity contribution in [2.24, 2.45) is 5.73 Å². The van der Waals surface area contributed by atoms with Crippen molar-refractivity contribution in [3.8, 4) is 0 Å². The second kappa shape index (κ2) is 75.9. The standard InChI is InChI=1S/C6H15N.4C2H6O.H4Si/c1-2-3-4-5-6-7;4*1-2-3;/h2-7H2,1H3;4*3H,2H2,1H3;1H4. The first-order chi connectivity index (χ1) is 9.07. The number of hydrogen-bond acceptors (Lipinski definition) is 5. The summed E-state index contributed by atoms with van der Waals surface area (Å²) in [4.78, 5) is 0. The third kappa shape index (κ3) is 323. The minimum absolute atomic E-state index is 0. The first-order valence-electron chi connectivity index (χ1n) is 7.21. The van der Waals surface area contributed by atoms with Gasteiger partial charge in [-0.2, -0.15) is 0 Å². The summed E-state index contributed by atoms with van der Waals surface area (Å²) in [5, 5.41) is 30.3. The van der Waals surface area contributed by atoms with Crippen LogP contribution in [0.25, 0.3) is 0 Å². The highest BCUT2D eigenvalue weighted by atomic mass is 28.1. The van der Waals surface area contributed by atoms with Crippen LogP contribution >= 0.6 is 0 Å². The van der Waals surface area contributed by atoms with Crippen molar-refractivity contribution in [2.45, 2.75) is 60.3 Å². The summed E-state index contributed by atoms with van der Waals surface area (Å²) in [5.74, 6) is 0. The molecule has 0 radical (unpaired) electrons. The highest BCUT2D eigenvalue weighted by molar-refractivity contribution is 5.75. The average Bonchev–Trinajstić information content (AvgIpc) is 2.34. The lowest BCUT2D eigenvalue weighted by Crippen LogP contribution is -1.97. The van der Waals surface area contributed by atoms with Crippen LogP contribution in [0.1, 0.15) is 60.3 Å². The Kier molecular flexibility index (Phi) is 140. The summed E-state index contributed by atoms with van der Waals surface area (Å²) >= 11 is 0. The van der Waals surface area contributed by atoms with Crippen molar-refractivity contribution >= 4 is 11.0 Å². The molecule has 0 saturated carbocycles. The Morgan fingerprint density at radius 3 is 1.00 bits per heavy atom. The van der Waals surface area contributed by atoms with Crippen LogP contribution in [0.3, 0.4) is 0 Å². The van der Waals surface area contributed by atoms with Crippen LogP contribution in [-0.4, -0.2) is 64.4 Å². The van der Waals surface area contributed by atoms with Gasteiger partial charge in [-0.15, -0.1) is 0 Å². The van der Waals surface area contributed by atoms with E-state index in [1.165, 1.54) is 25.7 Å². The van der Waals surface area contributed by atoms with Crippen molar-refractivity contribution in [1.82, 2.24) is 0 Å². The zero-order valence-corrected chi connectivity index (χ0v) is 13.7. The number of rotatable bonds is 4. The summed E-state index contributed by atoms with van der Waals surface area (Å²) < 4.78 is 0. The minimum Gasteiger partial charge on any atom is -0.397 e. The Morgan fingerprint density at radius 1 is 0.600 bits per heavy atom. The van der Waals surface area contributed by atoms with E-state index < -0.39 is 0 Å². The Labute approximate surface area is 131 Å². The molecule has 132 valence electrons. The van der Waals surface area contributed by atoms with E-state index in [-0.39, 0.29) is 37.4 Å². The van der Waals surface area contributed by atoms with Gasteiger partial charge in [0.05, 0.1) is 0 Å². The second-order valence-corrected chi connectivity index (χ2v) is 3.11. The fourth-order valence-electron chi connectivity index (χ4n) is 0.571. The number of nitrogens with two attached hydrogens (primary N) is 1. The van der Waals surface area contributed by atoms with E-state index in [1.54, 1.807) is 27.7 Å². The highest BCUT2D eigenvalue weighted by Crippen LogP contribution is 1.95. The molecule has 0 saturated heterocycles. The van der Waals surface area contributed by atoms with Gasteiger partial charge in [-0.05, 0) is 51.6 Å². The van der Waals surface area contributed by atoms with Gasteiger partial charge in [0.15, 0.2) is 0 Å². The summed E-state index contributed by atoms with van der Waals surface area (Å²) in [5.41, 5.74) is 5.27. The Bertz CT molecular complexity index is 70.2. The number of aliphatic hydroxyl groups excluding tert-OH is 4. The minimum atomic E-state index is 0. The molecular weight excluding hydrogens is 274 g/mol. The molecule has 0 spiro atoms. The maximum absolute atomic E-state index is 7.57. The normalized spacial score (nSPS) is 6.90. The Morgan fingerprint density at radius 2 is 0.850 bits per heavy atom. The van der Waals surface area contributed by atoms with Crippen molar-refractivity contribution in [2.75, 3.05) is 33.0 Å². The smallest absolute Gasteiger partial charge is 0.0402 e. The van der Waals surface area contributed by atoms with E-state index in [1.807, 2.05) is 0 Å². The van der Waals surface area contributed by atoms with Crippen molar-refractivity contribution in [3.05, 3.63) is 0 Å². The predicted octanol–water partition coefficient (Wildman–Crippen LogP) is 0.0682. The molecule has 20 heavy (non-hydrogen) atoms. The SMILES string of the molecule is CCCCCCN.CCO.CCO.CCO.CCO.[SiH4]. The molecule has 0 amide bonds. The lowest BCUT2D eigenvalue weighted by molar-refractivity contribution is 0.318. The van der Waals surface area contributed by atoms with Gasteiger partial charge in [0.1, 0.15) is 0 Å². The summed E-state index contributed by atoms with van der Waals surface area (Å²) in [6.07, 6.45) is 5.16. The molecule has 0 aromatic carbocycles. The van der Waals surface area contributed by atoms with Crippen LogP contribution in [0.2, 0.25) is 0 Å². The van der Waals surface area contributed by atoms with Crippen LogP contribution in [0.4, 0.5) is 0 Å². The molecule has 0 aromatic heterocycles. The summed E-state index contributed by atoms with van der Waals surface area (Å²) in [6, 6.07) is 0. The van der Waals surface area contributed by atoms with Gasteiger partial charge < -0.3 is 26.2 Å². The predicted molar refractivity (Wildman–Crippen MR) is 95.6 cm³/mol. The molecule has 5 nitrogen and oxygen atoms in total. The largest absolute Gasteiger partial charge is 0.397 e. The van der Waals surface area contributed by atoms with Crippen molar-refractivity contribution < 1.29 is 20.4 Å². The maximum atomic E-state index is 7.57. The Hall–Kier alpha value is 0.0169. The van der Waals surface area contributed by atoms with Crippen LogP contribution in [0.5, 0.6) is 0 Å². The van der Waals surface area contributed by atoms with Gasteiger partial charge >= 0.3 is 0 Å². The van der Waals surface area contributed by atoms with Crippen LogP contribution in [-0.2, 0) is 0 Å². The maximum Gasteiger partial charge on any atom is 0.0402 e. The molecular formula is C14H43NO4Si. The Balaban J connectivity index is -0.0000000326. The van der Waals surface area contributed by atoms with Gasteiger partial charge in [0.2, 0.25) is 0 Å². The van der Waals surface area contributed by atoms with Crippen molar-refractivity contribution in [1.29, 1.82) is 0 Å². The summed E-state index contributed by atoms with van der Waals surface area (Å²) in [6.45, 7) is 10.8. The first kappa shape index (κ1) is 36.8. The van der Waals surface area contributed by atoms with Gasteiger partial charge in [0, 0.05) is 26.4 Å². The average molecular weight is 318 g/mol. The van der Waals surface area contributed by atoms with Crippen LogP contribution < -0.4 is 5.73 Å². The van der Waals surface area contributed by atoms with Gasteiger partial charge in [-0.3, -0.25) is 0 Å². The molecule has 0 aliphatic heterocycles. The van der Waals surface area contributed by atoms with E-state index in [0.717, 1.165) is 6.54 Å². The molecule has 0 heterocycles. The molecule has 0 aromatic rings. The van der Waals surface area contributed by atoms with E-state index in [9.17, 15) is 0 Å². The van der Waals surface area contributed by atoms with Gasteiger partial charge in [-0.25, -0.2) is 0 Å². The van der Waals surface area contributed by atoms with Gasteiger partial charge in [-0.1, -0.05) is 26.2 Å². The molecule has 0 aliphatic rings. The summed E-state index contributed by atoms with van der Waals surface area (Å²) in [7, 11) is 0. The lowest BCUT2D eigenvalue weighted by Gasteiger charge is -1.90. The first-order valence-corrected chi connectivity index (χ1v) is 7.21. The zero-order chi connectivity index (χ0) is 16.4. The third-order valence-electron chi connectivity index (χ3n) is 1.06. The third-order valence-corrected chi connectivity index (χ3v) is 1.06. The molecule has 0 bridgehead atoms. The number of hydrogen-bond donors (Lipinski definition) is 5. The molecule has 0 fully saturated rings. The van der Waals surface area contributed by atoms with E-state index in [2.05, 4.69) is 6.92 Å². The van der Waals surface area contributed by atoms with E-state index in [0.29, 0.717) is 0 Å². The lowest BCUT2D eigenvalue weighted by atomic mass is 10.2. The van der Waals surface area contributed by atoms with Crippen molar-refractivity contribution in [3.63, 3.8) is 0 Å². The fraction of sp³-hybridized carbons (Fsp3) is 1.00. The number of unbranched alkanes of at least 4 members (excludes halogenated alkanes) is 3. The molecule has 0 rings (SSSR count). The topological polar surface area (TPSA) is 107 Å². The van der Waals surface area contributed by atoms with Gasteiger partial charge in [0.25, 0.3) is 0 Å². The van der Waals surface area contributed by atoms with E-state index in [4.69, 9.17) is 26.2 Å². The monoisotopic (exact) mass is 317 g/mol. The van der Waals surface area contributed by atoms with Crippen LogP contribution in [0.15, 0.2) is 0 Å². The number of aliphatic hydroxyl groups is 4. The zero-order valence-electron chi connectivity index (χ0n) is 13.7. The molecule has 0 unspecified atom stereocenters. The molecule has 6 heteroatoms. The fourth-order valence-corrected chi connectivity index (χ4v) is 0.571. The quantitative estimate of drug-likeness (QED) is 0.372. The van der Waals surface area contributed by atoms with Crippen LogP contribution in [0, 0.1) is 0 Å². The van der Waals surface area contributed by atoms with E-state index >= 15 is 0 Å². The second-order valence-electron chi connectivity index (χ2n) is 3.11.